The summed E-state index contributed by atoms with van der Waals surface area (Å²) in [7, 11) is 1.78. The van der Waals surface area contributed by atoms with Crippen LogP contribution in [0.25, 0.3) is 0 Å². The van der Waals surface area contributed by atoms with Gasteiger partial charge in [-0.2, -0.15) is 0 Å². The van der Waals surface area contributed by atoms with Crippen molar-refractivity contribution >= 4 is 11.4 Å². The molecule has 18 heavy (non-hydrogen) atoms. The van der Waals surface area contributed by atoms with Gasteiger partial charge in [0.15, 0.2) is 0 Å². The Morgan fingerprint density at radius 3 is 2.78 bits per heavy atom. The quantitative estimate of drug-likeness (QED) is 0.451. The number of aryl methyl sites for hydroxylation is 1. The smallest absolute Gasteiger partial charge is 0.292 e. The molecule has 100 valence electrons. The molecular weight excluding hydrogens is 236 g/mol. The average Bonchev–Trinajstić information content (AvgIpc) is 2.34. The van der Waals surface area contributed by atoms with Gasteiger partial charge in [-0.1, -0.05) is 6.07 Å². The van der Waals surface area contributed by atoms with Crippen molar-refractivity contribution in [1.29, 1.82) is 0 Å². The molecule has 0 spiro atoms. The Morgan fingerprint density at radius 1 is 1.44 bits per heavy atom. The average molecular weight is 254 g/mol. The Bertz CT molecular complexity index is 409. The van der Waals surface area contributed by atoms with Crippen molar-refractivity contribution in [3.63, 3.8) is 0 Å². The molecule has 0 aliphatic carbocycles. The maximum Gasteiger partial charge on any atom is 0.292 e. The van der Waals surface area contributed by atoms with E-state index in [1.54, 1.807) is 24.1 Å². The number of hydrogen-bond acceptors (Lipinski definition) is 5. The van der Waals surface area contributed by atoms with E-state index in [9.17, 15) is 10.1 Å². The fraction of sp³-hybridized carbons (Fsp3) is 0.500. The van der Waals surface area contributed by atoms with Gasteiger partial charge >= 0.3 is 0 Å². The van der Waals surface area contributed by atoms with Crippen LogP contribution >= 0.6 is 0 Å². The second kappa shape index (κ2) is 6.93. The number of aliphatic hydroxyl groups excluding tert-OH is 1. The molecule has 0 saturated carbocycles. The molecule has 0 aliphatic rings. The second-order valence-corrected chi connectivity index (χ2v) is 4.01. The van der Waals surface area contributed by atoms with E-state index in [0.29, 0.717) is 18.8 Å². The van der Waals surface area contributed by atoms with Crippen molar-refractivity contribution in [2.75, 3.05) is 38.3 Å². The maximum absolute atomic E-state index is 11.0. The van der Waals surface area contributed by atoms with Crippen LogP contribution < -0.4 is 4.90 Å². The van der Waals surface area contributed by atoms with Gasteiger partial charge in [-0.25, -0.2) is 0 Å². The number of hydrogen-bond donors (Lipinski definition) is 1. The van der Waals surface area contributed by atoms with Crippen molar-refractivity contribution in [2.45, 2.75) is 6.92 Å². The molecule has 0 aromatic heterocycles. The fourth-order valence-electron chi connectivity index (χ4n) is 1.59. The number of ether oxygens (including phenoxy) is 1. The Kier molecular flexibility index (Phi) is 5.54. The topological polar surface area (TPSA) is 75.8 Å². The van der Waals surface area contributed by atoms with Crippen molar-refractivity contribution in [3.8, 4) is 0 Å². The number of nitro benzene ring substituents is 1. The summed E-state index contributed by atoms with van der Waals surface area (Å²) in [4.78, 5) is 12.4. The van der Waals surface area contributed by atoms with Gasteiger partial charge < -0.3 is 14.7 Å². The Labute approximate surface area is 106 Å². The predicted octanol–water partition coefficient (Wildman–Crippen LogP) is 1.35. The molecule has 0 unspecified atom stereocenters. The SMILES string of the molecule is Cc1ccc(N(C)CCOCCO)c([N+](=O)[O-])c1. The number of likely N-dealkylation sites (N-methyl/N-ethyl adjacent to an activating group) is 1. The minimum absolute atomic E-state index is 0.0195. The predicted molar refractivity (Wildman–Crippen MR) is 69.0 cm³/mol. The number of anilines is 1. The summed E-state index contributed by atoms with van der Waals surface area (Å²) in [5.41, 5.74) is 1.52. The first-order valence-corrected chi connectivity index (χ1v) is 5.71. The maximum atomic E-state index is 11.0. The van der Waals surface area contributed by atoms with E-state index >= 15 is 0 Å². The van der Waals surface area contributed by atoms with Crippen molar-refractivity contribution < 1.29 is 14.8 Å². The first-order chi connectivity index (χ1) is 8.56. The largest absolute Gasteiger partial charge is 0.394 e. The van der Waals surface area contributed by atoms with Crippen molar-refractivity contribution in [1.82, 2.24) is 0 Å². The molecule has 0 bridgehead atoms. The standard InChI is InChI=1S/C12H18N2O4/c1-10-3-4-11(12(9-10)14(16)17)13(2)5-7-18-8-6-15/h3-4,9,15H,5-8H2,1-2H3. The Balaban J connectivity index is 2.72. The minimum Gasteiger partial charge on any atom is -0.394 e. The van der Waals surface area contributed by atoms with Gasteiger partial charge in [0.05, 0.1) is 24.7 Å². The summed E-state index contributed by atoms with van der Waals surface area (Å²) in [5, 5.41) is 19.5. The van der Waals surface area contributed by atoms with E-state index in [1.807, 2.05) is 13.0 Å². The molecule has 0 saturated heterocycles. The van der Waals surface area contributed by atoms with Gasteiger partial charge in [0.2, 0.25) is 0 Å². The van der Waals surface area contributed by atoms with E-state index in [2.05, 4.69) is 0 Å². The monoisotopic (exact) mass is 254 g/mol. The number of nitro groups is 1. The van der Waals surface area contributed by atoms with E-state index < -0.39 is 0 Å². The molecule has 1 N–H and O–H groups in total. The molecule has 0 aliphatic heterocycles. The molecule has 1 aromatic rings. The molecule has 0 radical (unpaired) electrons. The third kappa shape index (κ3) is 3.97. The normalized spacial score (nSPS) is 10.4. The Morgan fingerprint density at radius 2 is 2.17 bits per heavy atom. The van der Waals surface area contributed by atoms with E-state index in [1.165, 1.54) is 0 Å². The van der Waals surface area contributed by atoms with Gasteiger partial charge in [0.1, 0.15) is 5.69 Å². The number of nitrogens with zero attached hydrogens (tertiary/aromatic N) is 2. The van der Waals surface area contributed by atoms with Gasteiger partial charge in [-0.05, 0) is 18.6 Å². The molecule has 0 atom stereocenters. The van der Waals surface area contributed by atoms with Crippen molar-refractivity contribution in [3.05, 3.63) is 33.9 Å². The van der Waals surface area contributed by atoms with Gasteiger partial charge in [-0.15, -0.1) is 0 Å². The third-order valence-electron chi connectivity index (χ3n) is 2.55. The van der Waals surface area contributed by atoms with Crippen LogP contribution in [0.2, 0.25) is 0 Å². The summed E-state index contributed by atoms with van der Waals surface area (Å²) in [5.74, 6) is 0. The van der Waals surface area contributed by atoms with Crippen LogP contribution in [0.1, 0.15) is 5.56 Å². The van der Waals surface area contributed by atoms with Crippen LogP contribution in [0.5, 0.6) is 0 Å². The van der Waals surface area contributed by atoms with Gasteiger partial charge in [-0.3, -0.25) is 10.1 Å². The summed E-state index contributed by atoms with van der Waals surface area (Å²) in [6.07, 6.45) is 0. The summed E-state index contributed by atoms with van der Waals surface area (Å²) in [6.45, 7) is 3.03. The van der Waals surface area contributed by atoms with Crippen LogP contribution in [-0.4, -0.2) is 43.4 Å². The second-order valence-electron chi connectivity index (χ2n) is 4.01. The first-order valence-electron chi connectivity index (χ1n) is 5.71. The lowest BCUT2D eigenvalue weighted by Crippen LogP contribution is -2.24. The van der Waals surface area contributed by atoms with Crippen LogP contribution in [0.15, 0.2) is 18.2 Å². The molecule has 1 aromatic carbocycles. The molecule has 0 amide bonds. The van der Waals surface area contributed by atoms with Crippen LogP contribution in [0, 0.1) is 17.0 Å². The van der Waals surface area contributed by atoms with Crippen LogP contribution in [0.4, 0.5) is 11.4 Å². The summed E-state index contributed by atoms with van der Waals surface area (Å²) < 4.78 is 5.14. The third-order valence-corrected chi connectivity index (χ3v) is 2.55. The molecule has 0 fully saturated rings. The highest BCUT2D eigenvalue weighted by Crippen LogP contribution is 2.27. The number of aliphatic hydroxyl groups is 1. The van der Waals surface area contributed by atoms with Crippen molar-refractivity contribution in [2.24, 2.45) is 0 Å². The van der Waals surface area contributed by atoms with Gasteiger partial charge in [0, 0.05) is 19.7 Å². The summed E-state index contributed by atoms with van der Waals surface area (Å²) in [6, 6.07) is 5.13. The zero-order chi connectivity index (χ0) is 13.5. The van der Waals surface area contributed by atoms with E-state index in [-0.39, 0.29) is 23.8 Å². The summed E-state index contributed by atoms with van der Waals surface area (Å²) >= 11 is 0. The minimum atomic E-state index is -0.382. The lowest BCUT2D eigenvalue weighted by Gasteiger charge is -2.19. The highest BCUT2D eigenvalue weighted by molar-refractivity contribution is 5.63. The first kappa shape index (κ1) is 14.4. The highest BCUT2D eigenvalue weighted by atomic mass is 16.6. The lowest BCUT2D eigenvalue weighted by molar-refractivity contribution is -0.384. The highest BCUT2D eigenvalue weighted by Gasteiger charge is 2.16. The molecule has 0 heterocycles. The van der Waals surface area contributed by atoms with Gasteiger partial charge in [0.25, 0.3) is 5.69 Å². The zero-order valence-corrected chi connectivity index (χ0v) is 10.6. The zero-order valence-electron chi connectivity index (χ0n) is 10.6. The van der Waals surface area contributed by atoms with Crippen LogP contribution in [0.3, 0.4) is 0 Å². The Hall–Kier alpha value is -1.66. The van der Waals surface area contributed by atoms with Crippen LogP contribution in [-0.2, 0) is 4.74 Å². The molecule has 6 heteroatoms. The molecule has 6 nitrogen and oxygen atoms in total. The number of rotatable bonds is 7. The molecular formula is C12H18N2O4. The molecule has 1 rings (SSSR count). The van der Waals surface area contributed by atoms with E-state index in [0.717, 1.165) is 5.56 Å². The number of benzene rings is 1. The fourth-order valence-corrected chi connectivity index (χ4v) is 1.59. The lowest BCUT2D eigenvalue weighted by atomic mass is 10.2. The van der Waals surface area contributed by atoms with E-state index in [4.69, 9.17) is 9.84 Å².